The van der Waals surface area contributed by atoms with Crippen molar-refractivity contribution in [3.05, 3.63) is 0 Å². The van der Waals surface area contributed by atoms with Crippen LogP contribution in [-0.2, 0) is 4.79 Å². The van der Waals surface area contributed by atoms with E-state index in [1.165, 1.54) is 0 Å². The zero-order valence-electron chi connectivity index (χ0n) is 14.1. The molecule has 0 fully saturated rings. The summed E-state index contributed by atoms with van der Waals surface area (Å²) in [6, 6.07) is -0.172. The second kappa shape index (κ2) is 10.4. The summed E-state index contributed by atoms with van der Waals surface area (Å²) in [6.07, 6.45) is 1.45. The lowest BCUT2D eigenvalue weighted by molar-refractivity contribution is -0.142. The lowest BCUT2D eigenvalue weighted by Crippen LogP contribution is -2.45. The van der Waals surface area contributed by atoms with Gasteiger partial charge in [0.2, 0.25) is 0 Å². The largest absolute Gasteiger partial charge is 0.481 e. The van der Waals surface area contributed by atoms with Crippen LogP contribution in [0.15, 0.2) is 0 Å². The van der Waals surface area contributed by atoms with Gasteiger partial charge in [0.05, 0.1) is 5.92 Å². The van der Waals surface area contributed by atoms with Crippen LogP contribution in [0.5, 0.6) is 0 Å². The highest BCUT2D eigenvalue weighted by Crippen LogP contribution is 2.11. The lowest BCUT2D eigenvalue weighted by Gasteiger charge is -2.25. The van der Waals surface area contributed by atoms with Gasteiger partial charge in [0.25, 0.3) is 0 Å². The summed E-state index contributed by atoms with van der Waals surface area (Å²) in [5, 5.41) is 11.9. The van der Waals surface area contributed by atoms with E-state index in [1.54, 1.807) is 4.90 Å². The van der Waals surface area contributed by atoms with Crippen molar-refractivity contribution in [2.75, 3.05) is 40.3 Å². The number of nitrogens with one attached hydrogen (secondary N) is 1. The van der Waals surface area contributed by atoms with Crippen molar-refractivity contribution in [2.24, 2.45) is 11.8 Å². The van der Waals surface area contributed by atoms with Crippen molar-refractivity contribution in [2.45, 2.75) is 33.6 Å². The minimum absolute atomic E-state index is 0.172. The molecule has 1 atom stereocenters. The predicted octanol–water partition coefficient (Wildman–Crippen LogP) is 1.72. The van der Waals surface area contributed by atoms with Gasteiger partial charge in [-0.1, -0.05) is 20.8 Å². The zero-order chi connectivity index (χ0) is 16.4. The molecular formula is C15H31N3O3. The van der Waals surface area contributed by atoms with Crippen LogP contribution in [0.1, 0.15) is 33.6 Å². The molecule has 0 rings (SSSR count). The highest BCUT2D eigenvalue weighted by Gasteiger charge is 2.21. The smallest absolute Gasteiger partial charge is 0.317 e. The Morgan fingerprint density at radius 3 is 2.19 bits per heavy atom. The van der Waals surface area contributed by atoms with Crippen LogP contribution in [0, 0.1) is 11.8 Å². The van der Waals surface area contributed by atoms with Crippen LogP contribution in [0.4, 0.5) is 4.79 Å². The summed E-state index contributed by atoms with van der Waals surface area (Å²) in [6.45, 7) is 8.30. The van der Waals surface area contributed by atoms with Crippen molar-refractivity contribution in [1.82, 2.24) is 15.1 Å². The normalized spacial score (nSPS) is 12.5. The Balaban J connectivity index is 4.41. The molecular weight excluding hydrogens is 270 g/mol. The third-order valence-corrected chi connectivity index (χ3v) is 3.20. The summed E-state index contributed by atoms with van der Waals surface area (Å²) >= 11 is 0. The number of nitrogens with zero attached hydrogens (tertiary/aromatic N) is 2. The summed E-state index contributed by atoms with van der Waals surface area (Å²) < 4.78 is 0. The molecule has 0 spiro atoms. The number of carbonyl (C=O) groups is 2. The Morgan fingerprint density at radius 1 is 1.14 bits per heavy atom. The Morgan fingerprint density at radius 2 is 1.76 bits per heavy atom. The average molecular weight is 301 g/mol. The van der Waals surface area contributed by atoms with E-state index in [0.717, 1.165) is 13.0 Å². The maximum absolute atomic E-state index is 12.2. The third-order valence-electron chi connectivity index (χ3n) is 3.20. The van der Waals surface area contributed by atoms with Crippen molar-refractivity contribution < 1.29 is 14.7 Å². The Bertz CT molecular complexity index is 319. The van der Waals surface area contributed by atoms with E-state index >= 15 is 0 Å². The second-order valence-electron chi connectivity index (χ2n) is 6.14. The first-order valence-corrected chi connectivity index (χ1v) is 7.68. The molecule has 0 aromatic carbocycles. The molecule has 0 saturated heterocycles. The van der Waals surface area contributed by atoms with Gasteiger partial charge in [-0.2, -0.15) is 0 Å². The van der Waals surface area contributed by atoms with Gasteiger partial charge in [-0.3, -0.25) is 4.79 Å². The summed E-state index contributed by atoms with van der Waals surface area (Å²) in [7, 11) is 3.93. The van der Waals surface area contributed by atoms with E-state index in [1.807, 2.05) is 39.8 Å². The second-order valence-corrected chi connectivity index (χ2v) is 6.14. The van der Waals surface area contributed by atoms with Gasteiger partial charge in [0.1, 0.15) is 0 Å². The molecule has 0 bridgehead atoms. The van der Waals surface area contributed by atoms with Crippen LogP contribution in [0.3, 0.4) is 0 Å². The molecule has 0 aliphatic carbocycles. The number of carboxylic acid groups (broad SMARTS) is 1. The standard InChI is InChI=1S/C15H31N3O3/c1-6-7-18(9-8-17(4)5)15(21)16-11-13(14(19)20)10-12(2)3/h12-13H,6-11H2,1-5H3,(H,16,21)(H,19,20). The molecule has 0 aliphatic heterocycles. The third kappa shape index (κ3) is 9.28. The van der Waals surface area contributed by atoms with Crippen molar-refractivity contribution in [3.8, 4) is 0 Å². The van der Waals surface area contributed by atoms with Gasteiger partial charge in [-0.25, -0.2) is 4.79 Å². The molecule has 1 unspecified atom stereocenters. The minimum atomic E-state index is -0.848. The monoisotopic (exact) mass is 301 g/mol. The van der Waals surface area contributed by atoms with Crippen molar-refractivity contribution in [3.63, 3.8) is 0 Å². The molecule has 0 aromatic rings. The fraction of sp³-hybridized carbons (Fsp3) is 0.867. The van der Waals surface area contributed by atoms with E-state index < -0.39 is 11.9 Å². The van der Waals surface area contributed by atoms with E-state index in [4.69, 9.17) is 0 Å². The Hall–Kier alpha value is -1.30. The highest BCUT2D eigenvalue weighted by atomic mass is 16.4. The van der Waals surface area contributed by atoms with Gasteiger partial charge in [0, 0.05) is 26.2 Å². The molecule has 21 heavy (non-hydrogen) atoms. The number of carbonyl (C=O) groups excluding carboxylic acids is 1. The molecule has 2 N–H and O–H groups in total. The van der Waals surface area contributed by atoms with Crippen molar-refractivity contribution in [1.29, 1.82) is 0 Å². The number of likely N-dealkylation sites (N-methyl/N-ethyl adjacent to an activating group) is 1. The molecule has 0 heterocycles. The molecule has 0 aromatic heterocycles. The first kappa shape index (κ1) is 19.7. The van der Waals surface area contributed by atoms with E-state index in [9.17, 15) is 14.7 Å². The number of aliphatic carboxylic acids is 1. The number of hydrogen-bond donors (Lipinski definition) is 2. The number of carboxylic acids is 1. The fourth-order valence-corrected chi connectivity index (χ4v) is 2.07. The molecule has 6 nitrogen and oxygen atoms in total. The molecule has 0 aliphatic rings. The molecule has 6 heteroatoms. The van der Waals surface area contributed by atoms with Crippen molar-refractivity contribution >= 4 is 12.0 Å². The average Bonchev–Trinajstić information content (AvgIpc) is 2.38. The van der Waals surface area contributed by atoms with Crippen LogP contribution < -0.4 is 5.32 Å². The number of amides is 2. The maximum Gasteiger partial charge on any atom is 0.317 e. The number of urea groups is 1. The lowest BCUT2D eigenvalue weighted by atomic mass is 9.97. The van der Waals surface area contributed by atoms with Crippen LogP contribution in [0.25, 0.3) is 0 Å². The number of hydrogen-bond acceptors (Lipinski definition) is 3. The van der Waals surface area contributed by atoms with E-state index in [2.05, 4.69) is 5.32 Å². The molecule has 0 saturated carbocycles. The van der Waals surface area contributed by atoms with Gasteiger partial charge in [-0.15, -0.1) is 0 Å². The molecule has 2 amide bonds. The summed E-state index contributed by atoms with van der Waals surface area (Å²) in [5.74, 6) is -1.07. The van der Waals surface area contributed by atoms with Crippen LogP contribution in [0.2, 0.25) is 0 Å². The zero-order valence-corrected chi connectivity index (χ0v) is 14.1. The fourth-order valence-electron chi connectivity index (χ4n) is 2.07. The molecule has 124 valence electrons. The first-order valence-electron chi connectivity index (χ1n) is 7.68. The summed E-state index contributed by atoms with van der Waals surface area (Å²) in [5.41, 5.74) is 0. The van der Waals surface area contributed by atoms with Crippen LogP contribution >= 0.6 is 0 Å². The minimum Gasteiger partial charge on any atom is -0.481 e. The van der Waals surface area contributed by atoms with Crippen LogP contribution in [-0.4, -0.2) is 67.2 Å². The maximum atomic E-state index is 12.2. The quantitative estimate of drug-likeness (QED) is 0.644. The van der Waals surface area contributed by atoms with E-state index in [0.29, 0.717) is 25.4 Å². The first-order chi connectivity index (χ1) is 9.77. The SMILES string of the molecule is CCCN(CCN(C)C)C(=O)NCC(CC(C)C)C(=O)O. The van der Waals surface area contributed by atoms with Gasteiger partial charge < -0.3 is 20.2 Å². The summed E-state index contributed by atoms with van der Waals surface area (Å²) in [4.78, 5) is 27.1. The highest BCUT2D eigenvalue weighted by molar-refractivity contribution is 5.76. The topological polar surface area (TPSA) is 72.9 Å². The van der Waals surface area contributed by atoms with Gasteiger partial charge in [-0.05, 0) is 32.9 Å². The Kier molecular flexibility index (Phi) is 9.78. The van der Waals surface area contributed by atoms with E-state index in [-0.39, 0.29) is 12.6 Å². The van der Waals surface area contributed by atoms with Gasteiger partial charge in [0.15, 0.2) is 0 Å². The number of rotatable bonds is 10. The predicted molar refractivity (Wildman–Crippen MR) is 84.4 cm³/mol. The molecule has 0 radical (unpaired) electrons. The Labute approximate surface area is 128 Å². The van der Waals surface area contributed by atoms with Gasteiger partial charge >= 0.3 is 12.0 Å².